The molecule has 6 nitrogen and oxygen atoms in total. The quantitative estimate of drug-likeness (QED) is 0.190. The maximum Gasteiger partial charge on any atom is 0.311 e. The van der Waals surface area contributed by atoms with Crippen molar-refractivity contribution >= 4 is 39.5 Å². The SMILES string of the molecule is CCC(CC(C)(CC(C)(C)C(=O)OCc1c2ccccc2cc2ccccc12)C(=O)OC)C(=O)OC. The van der Waals surface area contributed by atoms with Gasteiger partial charge in [0.1, 0.15) is 6.61 Å². The van der Waals surface area contributed by atoms with Crippen LogP contribution in [0.15, 0.2) is 54.6 Å². The Morgan fingerprint density at radius 2 is 1.39 bits per heavy atom. The van der Waals surface area contributed by atoms with Gasteiger partial charge in [-0.1, -0.05) is 55.5 Å². The van der Waals surface area contributed by atoms with Gasteiger partial charge in [0.15, 0.2) is 0 Å². The molecule has 3 rings (SSSR count). The normalized spacial score (nSPS) is 14.2. The van der Waals surface area contributed by atoms with Gasteiger partial charge in [-0.25, -0.2) is 0 Å². The summed E-state index contributed by atoms with van der Waals surface area (Å²) in [5, 5.41) is 4.22. The fourth-order valence-corrected chi connectivity index (χ4v) is 5.22. The molecule has 36 heavy (non-hydrogen) atoms. The van der Waals surface area contributed by atoms with Gasteiger partial charge >= 0.3 is 17.9 Å². The second-order valence-electron chi connectivity index (χ2n) is 10.3. The number of carbonyl (C=O) groups is 3. The fraction of sp³-hybridized carbons (Fsp3) is 0.433. The first-order valence-corrected chi connectivity index (χ1v) is 12.3. The first-order chi connectivity index (χ1) is 17.1. The van der Waals surface area contributed by atoms with E-state index in [2.05, 4.69) is 6.07 Å². The highest BCUT2D eigenvalue weighted by atomic mass is 16.5. The van der Waals surface area contributed by atoms with Crippen LogP contribution in [-0.4, -0.2) is 32.1 Å². The van der Waals surface area contributed by atoms with E-state index < -0.39 is 28.7 Å². The summed E-state index contributed by atoms with van der Waals surface area (Å²) < 4.78 is 15.9. The van der Waals surface area contributed by atoms with Gasteiger partial charge in [0, 0.05) is 5.56 Å². The highest BCUT2D eigenvalue weighted by Gasteiger charge is 2.45. The molecule has 0 aliphatic heterocycles. The summed E-state index contributed by atoms with van der Waals surface area (Å²) in [5.74, 6) is -1.74. The lowest BCUT2D eigenvalue weighted by molar-refractivity contribution is -0.164. The molecule has 0 saturated carbocycles. The number of benzene rings is 3. The molecule has 0 spiro atoms. The van der Waals surface area contributed by atoms with Crippen LogP contribution >= 0.6 is 0 Å². The van der Waals surface area contributed by atoms with Gasteiger partial charge in [-0.05, 0) is 67.6 Å². The maximum absolute atomic E-state index is 13.4. The van der Waals surface area contributed by atoms with Gasteiger partial charge in [-0.3, -0.25) is 14.4 Å². The third kappa shape index (κ3) is 5.69. The molecule has 3 aromatic rings. The van der Waals surface area contributed by atoms with Crippen LogP contribution in [0.3, 0.4) is 0 Å². The first-order valence-electron chi connectivity index (χ1n) is 12.3. The zero-order valence-electron chi connectivity index (χ0n) is 22.1. The molecule has 0 aromatic heterocycles. The molecule has 3 aromatic carbocycles. The van der Waals surface area contributed by atoms with Crippen molar-refractivity contribution < 1.29 is 28.6 Å². The van der Waals surface area contributed by atoms with Crippen LogP contribution < -0.4 is 0 Å². The van der Waals surface area contributed by atoms with Gasteiger partial charge in [-0.2, -0.15) is 0 Å². The smallest absolute Gasteiger partial charge is 0.311 e. The lowest BCUT2D eigenvalue weighted by Gasteiger charge is -2.35. The summed E-state index contributed by atoms with van der Waals surface area (Å²) in [4.78, 5) is 38.5. The molecule has 2 unspecified atom stereocenters. The number of hydrogen-bond acceptors (Lipinski definition) is 6. The van der Waals surface area contributed by atoms with E-state index in [-0.39, 0.29) is 25.4 Å². The van der Waals surface area contributed by atoms with Crippen LogP contribution in [0.4, 0.5) is 0 Å². The largest absolute Gasteiger partial charge is 0.469 e. The summed E-state index contributed by atoms with van der Waals surface area (Å²) in [6, 6.07) is 18.2. The Kier molecular flexibility index (Phi) is 8.39. The maximum atomic E-state index is 13.4. The van der Waals surface area contributed by atoms with E-state index in [9.17, 15) is 14.4 Å². The molecule has 2 atom stereocenters. The van der Waals surface area contributed by atoms with E-state index in [4.69, 9.17) is 14.2 Å². The Morgan fingerprint density at radius 1 is 0.833 bits per heavy atom. The lowest BCUT2D eigenvalue weighted by Crippen LogP contribution is -2.40. The summed E-state index contributed by atoms with van der Waals surface area (Å²) in [7, 11) is 2.65. The van der Waals surface area contributed by atoms with E-state index in [0.717, 1.165) is 27.1 Å². The number of fused-ring (bicyclic) bond motifs is 2. The second kappa shape index (κ2) is 11.1. The number of hydrogen-bond donors (Lipinski definition) is 0. The lowest BCUT2D eigenvalue weighted by atomic mass is 9.69. The molecule has 0 aliphatic rings. The molecule has 0 bridgehead atoms. The molecule has 0 aliphatic carbocycles. The van der Waals surface area contributed by atoms with Gasteiger partial charge in [0.2, 0.25) is 0 Å². The molecule has 0 fully saturated rings. The van der Waals surface area contributed by atoms with Crippen molar-refractivity contribution in [1.82, 2.24) is 0 Å². The molecular formula is C30H36O6. The summed E-state index contributed by atoms with van der Waals surface area (Å²) in [5.41, 5.74) is -1.13. The molecule has 0 radical (unpaired) electrons. The topological polar surface area (TPSA) is 78.9 Å². The second-order valence-corrected chi connectivity index (χ2v) is 10.3. The predicted molar refractivity (Wildman–Crippen MR) is 140 cm³/mol. The average Bonchev–Trinajstić information content (AvgIpc) is 2.88. The molecular weight excluding hydrogens is 456 g/mol. The van der Waals surface area contributed by atoms with Crippen molar-refractivity contribution in [3.8, 4) is 0 Å². The van der Waals surface area contributed by atoms with E-state index in [1.807, 2.05) is 55.5 Å². The minimum Gasteiger partial charge on any atom is -0.469 e. The Hall–Kier alpha value is -3.41. The van der Waals surface area contributed by atoms with Crippen molar-refractivity contribution in [3.05, 3.63) is 60.2 Å². The zero-order valence-corrected chi connectivity index (χ0v) is 22.1. The number of ether oxygens (including phenoxy) is 3. The third-order valence-corrected chi connectivity index (χ3v) is 7.02. The molecule has 0 saturated heterocycles. The van der Waals surface area contributed by atoms with Crippen molar-refractivity contribution in [3.63, 3.8) is 0 Å². The van der Waals surface area contributed by atoms with Crippen molar-refractivity contribution in [2.75, 3.05) is 14.2 Å². The molecule has 6 heteroatoms. The van der Waals surface area contributed by atoms with E-state index >= 15 is 0 Å². The Balaban J connectivity index is 1.86. The van der Waals surface area contributed by atoms with Crippen molar-refractivity contribution in [2.24, 2.45) is 16.7 Å². The number of rotatable bonds is 10. The molecule has 0 N–H and O–H groups in total. The summed E-state index contributed by atoms with van der Waals surface area (Å²) in [6.45, 7) is 7.23. The minimum absolute atomic E-state index is 0.110. The number of esters is 3. The summed E-state index contributed by atoms with van der Waals surface area (Å²) in [6.07, 6.45) is 0.890. The van der Waals surface area contributed by atoms with Gasteiger partial charge in [0.25, 0.3) is 0 Å². The molecule has 0 heterocycles. The van der Waals surface area contributed by atoms with Crippen LogP contribution in [0.25, 0.3) is 21.5 Å². The summed E-state index contributed by atoms with van der Waals surface area (Å²) >= 11 is 0. The number of carbonyl (C=O) groups excluding carboxylic acids is 3. The van der Waals surface area contributed by atoms with Gasteiger partial charge in [0.05, 0.1) is 31.0 Å². The minimum atomic E-state index is -1.07. The molecule has 0 amide bonds. The molecule has 192 valence electrons. The van der Waals surface area contributed by atoms with Crippen LogP contribution in [0.2, 0.25) is 0 Å². The van der Waals surface area contributed by atoms with Gasteiger partial charge in [-0.15, -0.1) is 0 Å². The van der Waals surface area contributed by atoms with Crippen LogP contribution in [0, 0.1) is 16.7 Å². The van der Waals surface area contributed by atoms with E-state index in [1.54, 1.807) is 20.8 Å². The van der Waals surface area contributed by atoms with Crippen LogP contribution in [0.1, 0.15) is 52.5 Å². The Bertz CT molecular complexity index is 1210. The fourth-order valence-electron chi connectivity index (χ4n) is 5.22. The monoisotopic (exact) mass is 492 g/mol. The van der Waals surface area contributed by atoms with Crippen LogP contribution in [-0.2, 0) is 35.2 Å². The standard InChI is InChI=1S/C30H36O6/c1-7-20(26(31)34-5)17-30(4,28(33)35-6)19-29(2,3)27(32)36-18-25-23-14-10-8-12-21(23)16-22-13-9-11-15-24(22)25/h8-16,20H,7,17-19H2,1-6H3. The predicted octanol–water partition coefficient (Wildman–Crippen LogP) is 6.22. The number of methoxy groups -OCH3 is 2. The first kappa shape index (κ1) is 27.2. The highest BCUT2D eigenvalue weighted by Crippen LogP contribution is 2.42. The highest BCUT2D eigenvalue weighted by molar-refractivity contribution is 6.02. The van der Waals surface area contributed by atoms with Crippen molar-refractivity contribution in [2.45, 2.75) is 53.6 Å². The van der Waals surface area contributed by atoms with Crippen molar-refractivity contribution in [1.29, 1.82) is 0 Å². The van der Waals surface area contributed by atoms with E-state index in [1.165, 1.54) is 14.2 Å². The Morgan fingerprint density at radius 3 is 1.89 bits per heavy atom. The zero-order chi connectivity index (χ0) is 26.5. The van der Waals surface area contributed by atoms with E-state index in [0.29, 0.717) is 6.42 Å². The average molecular weight is 493 g/mol. The van der Waals surface area contributed by atoms with Gasteiger partial charge < -0.3 is 14.2 Å². The third-order valence-electron chi connectivity index (χ3n) is 7.02. The Labute approximate surface area is 212 Å². The van der Waals surface area contributed by atoms with Crippen LogP contribution in [0.5, 0.6) is 0 Å².